The molecule has 4 N–H and O–H groups in total. The first-order chi connectivity index (χ1) is 24.6. The quantitative estimate of drug-likeness (QED) is 0.116. The van der Waals surface area contributed by atoms with Crippen LogP contribution in [-0.4, -0.2) is 48.2 Å². The number of aliphatic imine (C=N–C) groups is 1. The van der Waals surface area contributed by atoms with Gasteiger partial charge in [-0.05, 0) is 98.5 Å². The van der Waals surface area contributed by atoms with Crippen molar-refractivity contribution in [1.82, 2.24) is 10.6 Å². The predicted molar refractivity (Wildman–Crippen MR) is 204 cm³/mol. The summed E-state index contributed by atoms with van der Waals surface area (Å²) >= 11 is 0. The van der Waals surface area contributed by atoms with E-state index in [1.54, 1.807) is 64.3 Å². The lowest BCUT2D eigenvalue weighted by molar-refractivity contribution is -0.160. The molecule has 0 aliphatic rings. The fourth-order valence-electron chi connectivity index (χ4n) is 5.39. The number of hydrogen-bond acceptors (Lipinski definition) is 7. The second-order valence-corrected chi connectivity index (χ2v) is 14.2. The van der Waals surface area contributed by atoms with Crippen molar-refractivity contribution < 1.29 is 28.7 Å². The minimum absolute atomic E-state index is 0.0261. The van der Waals surface area contributed by atoms with Crippen LogP contribution in [-0.2, 0) is 48.7 Å². The zero-order chi connectivity index (χ0) is 38.1. The van der Waals surface area contributed by atoms with Crippen molar-refractivity contribution in [1.29, 1.82) is 0 Å². The third kappa shape index (κ3) is 10.6. The molecule has 0 heterocycles. The lowest BCUT2D eigenvalue weighted by Gasteiger charge is -2.29. The van der Waals surface area contributed by atoms with Crippen LogP contribution in [0.2, 0.25) is 0 Å². The molecule has 0 aliphatic carbocycles. The summed E-state index contributed by atoms with van der Waals surface area (Å²) in [6, 6.07) is 26.9. The zero-order valence-electron chi connectivity index (χ0n) is 30.9. The molecular formula is C42H48N4O6. The molecule has 10 nitrogen and oxygen atoms in total. The molecule has 0 radical (unpaired) electrons. The lowest BCUT2D eigenvalue weighted by atomic mass is 9.84. The third-order valence-electron chi connectivity index (χ3n) is 8.51. The molecule has 0 spiro atoms. The highest BCUT2D eigenvalue weighted by molar-refractivity contribution is 6.46. The molecule has 3 amide bonds. The molecular weight excluding hydrogens is 656 g/mol. The second-order valence-electron chi connectivity index (χ2n) is 14.2. The van der Waals surface area contributed by atoms with Crippen molar-refractivity contribution >= 4 is 40.2 Å². The largest absolute Gasteiger partial charge is 0.497 e. The molecule has 0 fully saturated rings. The van der Waals surface area contributed by atoms with Crippen LogP contribution in [0.1, 0.15) is 63.8 Å². The number of amides is 3. The number of methoxy groups -OCH3 is 1. The molecule has 272 valence electrons. The number of nitrogens with zero attached hydrogens (tertiary/aromatic N) is 1. The summed E-state index contributed by atoms with van der Waals surface area (Å²) in [5.41, 5.74) is 7.36. The number of hydrogen-bond donors (Lipinski definition) is 3. The average molecular weight is 705 g/mol. The van der Waals surface area contributed by atoms with E-state index in [0.717, 1.165) is 27.5 Å². The van der Waals surface area contributed by atoms with Gasteiger partial charge >= 0.3 is 5.97 Å². The van der Waals surface area contributed by atoms with E-state index in [9.17, 15) is 19.2 Å². The maximum atomic E-state index is 13.9. The second kappa shape index (κ2) is 17.0. The zero-order valence-corrected chi connectivity index (χ0v) is 30.9. The first-order valence-corrected chi connectivity index (χ1v) is 17.1. The van der Waals surface area contributed by atoms with Crippen molar-refractivity contribution in [2.75, 3.05) is 7.11 Å². The number of benzene rings is 4. The molecule has 4 aromatic rings. The summed E-state index contributed by atoms with van der Waals surface area (Å²) in [6.07, 6.45) is 1.31. The fraction of sp³-hybridized carbons (Fsp3) is 0.310. The number of carbonyl (C=O) groups excluding carboxylic acids is 4. The van der Waals surface area contributed by atoms with Gasteiger partial charge in [0.1, 0.15) is 23.1 Å². The van der Waals surface area contributed by atoms with Gasteiger partial charge in [0.15, 0.2) is 0 Å². The molecule has 0 unspecified atom stereocenters. The normalized spacial score (nSPS) is 12.9. The van der Waals surface area contributed by atoms with E-state index in [1.807, 2.05) is 75.4 Å². The number of rotatable bonds is 13. The highest BCUT2D eigenvalue weighted by Gasteiger charge is 2.34. The Morgan fingerprint density at radius 3 is 2.06 bits per heavy atom. The molecule has 52 heavy (non-hydrogen) atoms. The van der Waals surface area contributed by atoms with Crippen molar-refractivity contribution in [2.45, 2.75) is 78.0 Å². The summed E-state index contributed by atoms with van der Waals surface area (Å²) in [5, 5.41) is 7.69. The van der Waals surface area contributed by atoms with E-state index in [2.05, 4.69) is 15.6 Å². The van der Waals surface area contributed by atoms with Gasteiger partial charge in [-0.15, -0.1) is 0 Å². The van der Waals surface area contributed by atoms with Crippen LogP contribution in [0.4, 0.5) is 0 Å². The van der Waals surface area contributed by atoms with Gasteiger partial charge in [-0.1, -0.05) is 78.9 Å². The predicted octanol–water partition coefficient (Wildman–Crippen LogP) is 5.88. The Kier molecular flexibility index (Phi) is 12.7. The van der Waals surface area contributed by atoms with Crippen LogP contribution in [0, 0.1) is 0 Å². The van der Waals surface area contributed by atoms with Gasteiger partial charge in [-0.25, -0.2) is 4.99 Å². The Hall–Kier alpha value is -5.77. The smallest absolute Gasteiger partial charge is 0.316 e. The minimum atomic E-state index is -1.12. The van der Waals surface area contributed by atoms with Crippen LogP contribution < -0.4 is 21.1 Å². The lowest BCUT2D eigenvalue weighted by Crippen LogP contribution is -2.43. The average Bonchev–Trinajstić information content (AvgIpc) is 3.11. The van der Waals surface area contributed by atoms with Crippen molar-refractivity contribution in [3.05, 3.63) is 125 Å². The molecule has 4 aromatic carbocycles. The van der Waals surface area contributed by atoms with Crippen molar-refractivity contribution in [3.8, 4) is 5.75 Å². The Balaban J connectivity index is 1.59. The highest BCUT2D eigenvalue weighted by atomic mass is 16.6. The number of ether oxygens (including phenoxy) is 2. The van der Waals surface area contributed by atoms with E-state index in [4.69, 9.17) is 15.2 Å². The summed E-state index contributed by atoms with van der Waals surface area (Å²) < 4.78 is 10.8. The first-order valence-electron chi connectivity index (χ1n) is 17.1. The van der Waals surface area contributed by atoms with E-state index in [1.165, 1.54) is 6.20 Å². The third-order valence-corrected chi connectivity index (χ3v) is 8.51. The highest BCUT2D eigenvalue weighted by Crippen LogP contribution is 2.28. The monoisotopic (exact) mass is 704 g/mol. The molecule has 0 saturated carbocycles. The first kappa shape index (κ1) is 39.0. The Morgan fingerprint density at radius 1 is 0.827 bits per heavy atom. The van der Waals surface area contributed by atoms with Gasteiger partial charge < -0.3 is 25.8 Å². The molecule has 0 bridgehead atoms. The minimum Gasteiger partial charge on any atom is -0.497 e. The maximum Gasteiger partial charge on any atom is 0.316 e. The Morgan fingerprint density at radius 2 is 1.44 bits per heavy atom. The van der Waals surface area contributed by atoms with E-state index < -0.39 is 28.9 Å². The molecule has 0 aromatic heterocycles. The number of nitrogens with two attached hydrogens (primary N) is 1. The topological polar surface area (TPSA) is 149 Å². The fourth-order valence-corrected chi connectivity index (χ4v) is 5.39. The molecule has 10 heteroatoms. The standard InChI is InChI=1S/C42H48N4O6/c1-27(25-43)37(39(49)44-26-29-15-20-34(51-7)21-16-29)46-38(48)35(45-36(47)24-30-12-17-31-10-8-9-11-32(31)22-30)23-28-13-18-33(19-14-28)42(5,6)40(50)52-41(2,3)4/h8-22,25,35H,23-24,26,43H2,1-7H3,(H,44,49)(H,45,47)/b27-25-,46-37?/t35-/m1/s1. The van der Waals surface area contributed by atoms with Gasteiger partial charge in [-0.2, -0.15) is 0 Å². The summed E-state index contributed by atoms with van der Waals surface area (Å²) in [5.74, 6) is -1.39. The van der Waals surface area contributed by atoms with Gasteiger partial charge in [-0.3, -0.25) is 19.2 Å². The molecule has 1 atom stereocenters. The molecule has 0 aliphatic heterocycles. The van der Waals surface area contributed by atoms with Crippen LogP contribution in [0.3, 0.4) is 0 Å². The van der Waals surface area contributed by atoms with Crippen LogP contribution in [0.25, 0.3) is 10.8 Å². The number of esters is 1. The van der Waals surface area contributed by atoms with Gasteiger partial charge in [0, 0.05) is 13.0 Å². The van der Waals surface area contributed by atoms with Gasteiger partial charge in [0.05, 0.1) is 18.9 Å². The van der Waals surface area contributed by atoms with Crippen LogP contribution in [0.5, 0.6) is 5.75 Å². The number of carbonyl (C=O) groups is 4. The van der Waals surface area contributed by atoms with Crippen molar-refractivity contribution in [2.24, 2.45) is 10.7 Å². The van der Waals surface area contributed by atoms with E-state index in [0.29, 0.717) is 11.3 Å². The molecule has 0 saturated heterocycles. The van der Waals surface area contributed by atoms with Crippen molar-refractivity contribution in [3.63, 3.8) is 0 Å². The maximum absolute atomic E-state index is 13.9. The van der Waals surface area contributed by atoms with E-state index in [-0.39, 0.29) is 42.5 Å². The van der Waals surface area contributed by atoms with Crippen LogP contribution in [0.15, 0.2) is 108 Å². The van der Waals surface area contributed by atoms with Gasteiger partial charge in [0.2, 0.25) is 5.91 Å². The summed E-state index contributed by atoms with van der Waals surface area (Å²) in [4.78, 5) is 57.9. The number of nitrogens with one attached hydrogen (secondary N) is 2. The molecule has 4 rings (SSSR count). The van der Waals surface area contributed by atoms with Crippen LogP contribution >= 0.6 is 0 Å². The SMILES string of the molecule is COc1ccc(CNC(=O)C(=NC(=O)[C@@H](Cc2ccc(C(C)(C)C(=O)OC(C)(C)C)cc2)NC(=O)Cc2ccc3ccccc3c2)/C(C)=C\N)cc1. The Bertz CT molecular complexity index is 1970. The Labute approximate surface area is 305 Å². The number of fused-ring (bicyclic) bond motifs is 1. The van der Waals surface area contributed by atoms with Gasteiger partial charge in [0.25, 0.3) is 11.8 Å². The summed E-state index contributed by atoms with van der Waals surface area (Å²) in [6.45, 7) is 10.8. The van der Waals surface area contributed by atoms with E-state index >= 15 is 0 Å². The summed E-state index contributed by atoms with van der Waals surface area (Å²) in [7, 11) is 1.57.